The fourth-order valence-corrected chi connectivity index (χ4v) is 2.24. The van der Waals surface area contributed by atoms with E-state index in [1.165, 1.54) is 6.42 Å². The number of hydrogen-bond donors (Lipinski definition) is 1. The standard InChI is InChI=1S/C13H24N4O/c1-9(2)11-5-6-17(8-11)13-16-15-12(18-13)7-14-10(3)4/h9-11,14H,5-8H2,1-4H3. The lowest BCUT2D eigenvalue weighted by atomic mass is 9.95. The molecule has 0 amide bonds. The Bertz CT molecular complexity index is 375. The van der Waals surface area contributed by atoms with Crippen LogP contribution in [0.2, 0.25) is 0 Å². The third-order valence-electron chi connectivity index (χ3n) is 3.56. The highest BCUT2D eigenvalue weighted by Crippen LogP contribution is 2.27. The van der Waals surface area contributed by atoms with Crippen molar-refractivity contribution in [1.82, 2.24) is 15.5 Å². The van der Waals surface area contributed by atoms with E-state index >= 15 is 0 Å². The molecule has 2 heterocycles. The summed E-state index contributed by atoms with van der Waals surface area (Å²) in [5.41, 5.74) is 0. The van der Waals surface area contributed by atoms with E-state index in [1.54, 1.807) is 0 Å². The summed E-state index contributed by atoms with van der Waals surface area (Å²) >= 11 is 0. The summed E-state index contributed by atoms with van der Waals surface area (Å²) in [4.78, 5) is 2.20. The van der Waals surface area contributed by atoms with E-state index in [-0.39, 0.29) is 0 Å². The first kappa shape index (κ1) is 13.3. The smallest absolute Gasteiger partial charge is 0.318 e. The van der Waals surface area contributed by atoms with Gasteiger partial charge in [-0.15, -0.1) is 5.10 Å². The summed E-state index contributed by atoms with van der Waals surface area (Å²) in [6.45, 7) is 11.5. The number of hydrogen-bond acceptors (Lipinski definition) is 5. The number of anilines is 1. The van der Waals surface area contributed by atoms with Gasteiger partial charge in [0.05, 0.1) is 6.54 Å². The van der Waals surface area contributed by atoms with E-state index in [9.17, 15) is 0 Å². The van der Waals surface area contributed by atoms with Gasteiger partial charge < -0.3 is 14.6 Å². The summed E-state index contributed by atoms with van der Waals surface area (Å²) in [5, 5.41) is 11.5. The molecule has 0 spiro atoms. The number of aromatic nitrogens is 2. The van der Waals surface area contributed by atoms with Gasteiger partial charge in [0.1, 0.15) is 0 Å². The molecular formula is C13H24N4O. The Hall–Kier alpha value is -1.10. The third kappa shape index (κ3) is 3.22. The SMILES string of the molecule is CC(C)NCc1nnc(N2CCC(C(C)C)C2)o1. The van der Waals surface area contributed by atoms with E-state index in [4.69, 9.17) is 4.42 Å². The molecule has 1 aliphatic heterocycles. The van der Waals surface area contributed by atoms with Gasteiger partial charge in [0.2, 0.25) is 5.89 Å². The molecule has 1 aliphatic rings. The second-order valence-corrected chi connectivity index (χ2v) is 5.75. The maximum Gasteiger partial charge on any atom is 0.318 e. The van der Waals surface area contributed by atoms with Gasteiger partial charge in [-0.2, -0.15) is 0 Å². The van der Waals surface area contributed by atoms with Gasteiger partial charge in [0.15, 0.2) is 0 Å². The maximum absolute atomic E-state index is 5.69. The van der Waals surface area contributed by atoms with Gasteiger partial charge in [0, 0.05) is 19.1 Å². The Kier molecular flexibility index (Phi) is 4.22. The molecular weight excluding hydrogens is 228 g/mol. The Morgan fingerprint density at radius 2 is 2.11 bits per heavy atom. The van der Waals surface area contributed by atoms with Gasteiger partial charge in [-0.25, -0.2) is 0 Å². The van der Waals surface area contributed by atoms with Crippen molar-refractivity contribution in [2.75, 3.05) is 18.0 Å². The molecule has 2 rings (SSSR count). The topological polar surface area (TPSA) is 54.2 Å². The highest BCUT2D eigenvalue weighted by atomic mass is 16.4. The Labute approximate surface area is 109 Å². The first-order chi connectivity index (χ1) is 8.56. The lowest BCUT2D eigenvalue weighted by molar-refractivity contribution is 0.417. The molecule has 0 aromatic carbocycles. The predicted molar refractivity (Wildman–Crippen MR) is 71.4 cm³/mol. The van der Waals surface area contributed by atoms with Crippen molar-refractivity contribution < 1.29 is 4.42 Å². The Morgan fingerprint density at radius 1 is 1.33 bits per heavy atom. The van der Waals surface area contributed by atoms with Crippen LogP contribution in [0.25, 0.3) is 0 Å². The van der Waals surface area contributed by atoms with Gasteiger partial charge in [-0.1, -0.05) is 32.8 Å². The lowest BCUT2D eigenvalue weighted by Gasteiger charge is -2.15. The van der Waals surface area contributed by atoms with Gasteiger partial charge >= 0.3 is 6.01 Å². The van der Waals surface area contributed by atoms with Gasteiger partial charge in [-0.3, -0.25) is 0 Å². The van der Waals surface area contributed by atoms with Crippen LogP contribution in [-0.4, -0.2) is 29.3 Å². The average Bonchev–Trinajstić information content (AvgIpc) is 2.95. The Morgan fingerprint density at radius 3 is 2.72 bits per heavy atom. The number of nitrogens with one attached hydrogen (secondary N) is 1. The van der Waals surface area contributed by atoms with Crippen molar-refractivity contribution in [1.29, 1.82) is 0 Å². The number of nitrogens with zero attached hydrogens (tertiary/aromatic N) is 3. The molecule has 1 atom stereocenters. The summed E-state index contributed by atoms with van der Waals surface area (Å²) in [5.74, 6) is 2.14. The van der Waals surface area contributed by atoms with Crippen LogP contribution in [0, 0.1) is 11.8 Å². The molecule has 1 fully saturated rings. The largest absolute Gasteiger partial charge is 0.407 e. The minimum absolute atomic E-state index is 0.428. The summed E-state index contributed by atoms with van der Waals surface area (Å²) in [7, 11) is 0. The third-order valence-corrected chi connectivity index (χ3v) is 3.56. The molecule has 0 bridgehead atoms. The zero-order valence-corrected chi connectivity index (χ0v) is 11.8. The van der Waals surface area contributed by atoms with Crippen LogP contribution in [0.4, 0.5) is 6.01 Å². The van der Waals surface area contributed by atoms with Gasteiger partial charge in [0.25, 0.3) is 0 Å². The zero-order valence-electron chi connectivity index (χ0n) is 11.8. The molecule has 1 aromatic heterocycles. The summed E-state index contributed by atoms with van der Waals surface area (Å²) in [6, 6.07) is 1.11. The quantitative estimate of drug-likeness (QED) is 0.869. The van der Waals surface area contributed by atoms with E-state index in [0.29, 0.717) is 24.5 Å². The van der Waals surface area contributed by atoms with Crippen LogP contribution in [-0.2, 0) is 6.54 Å². The molecule has 1 unspecified atom stereocenters. The molecule has 1 aromatic rings. The first-order valence-corrected chi connectivity index (χ1v) is 6.87. The molecule has 5 nitrogen and oxygen atoms in total. The Balaban J connectivity index is 1.90. The second kappa shape index (κ2) is 5.69. The van der Waals surface area contributed by atoms with Crippen molar-refractivity contribution >= 4 is 6.01 Å². The first-order valence-electron chi connectivity index (χ1n) is 6.87. The van der Waals surface area contributed by atoms with Crippen molar-refractivity contribution in [3.8, 4) is 0 Å². The fourth-order valence-electron chi connectivity index (χ4n) is 2.24. The molecule has 102 valence electrons. The highest BCUT2D eigenvalue weighted by Gasteiger charge is 2.27. The molecule has 1 saturated heterocycles. The lowest BCUT2D eigenvalue weighted by Crippen LogP contribution is -2.22. The van der Waals surface area contributed by atoms with Crippen molar-refractivity contribution in [3.05, 3.63) is 5.89 Å². The number of rotatable bonds is 5. The molecule has 1 N–H and O–H groups in total. The van der Waals surface area contributed by atoms with Crippen LogP contribution in [0.3, 0.4) is 0 Å². The van der Waals surface area contributed by atoms with Gasteiger partial charge in [-0.05, 0) is 18.3 Å². The molecule has 18 heavy (non-hydrogen) atoms. The van der Waals surface area contributed by atoms with E-state index in [2.05, 4.69) is 48.1 Å². The van der Waals surface area contributed by atoms with Crippen LogP contribution in [0.1, 0.15) is 40.0 Å². The molecule has 0 aliphatic carbocycles. The zero-order chi connectivity index (χ0) is 13.1. The summed E-state index contributed by atoms with van der Waals surface area (Å²) in [6.07, 6.45) is 1.22. The van der Waals surface area contributed by atoms with Crippen LogP contribution in [0.15, 0.2) is 4.42 Å². The van der Waals surface area contributed by atoms with E-state index < -0.39 is 0 Å². The normalized spacial score (nSPS) is 20.3. The average molecular weight is 252 g/mol. The van der Waals surface area contributed by atoms with E-state index in [1.807, 2.05) is 0 Å². The highest BCUT2D eigenvalue weighted by molar-refractivity contribution is 5.26. The molecule has 0 radical (unpaired) electrons. The maximum atomic E-state index is 5.69. The van der Waals surface area contributed by atoms with E-state index in [0.717, 1.165) is 24.9 Å². The van der Waals surface area contributed by atoms with Crippen LogP contribution in [0.5, 0.6) is 0 Å². The van der Waals surface area contributed by atoms with Crippen LogP contribution >= 0.6 is 0 Å². The monoisotopic (exact) mass is 252 g/mol. The van der Waals surface area contributed by atoms with Crippen LogP contribution < -0.4 is 10.2 Å². The fraction of sp³-hybridized carbons (Fsp3) is 0.846. The van der Waals surface area contributed by atoms with Crippen molar-refractivity contribution in [2.45, 2.75) is 46.7 Å². The molecule has 0 saturated carbocycles. The van der Waals surface area contributed by atoms with Crippen molar-refractivity contribution in [3.63, 3.8) is 0 Å². The second-order valence-electron chi connectivity index (χ2n) is 5.75. The summed E-state index contributed by atoms with van der Waals surface area (Å²) < 4.78 is 5.69. The molecule has 5 heteroatoms. The van der Waals surface area contributed by atoms with Crippen molar-refractivity contribution in [2.24, 2.45) is 11.8 Å². The predicted octanol–water partition coefficient (Wildman–Crippen LogP) is 2.05. The minimum Gasteiger partial charge on any atom is -0.407 e. The minimum atomic E-state index is 0.428.